The molecule has 0 aliphatic carbocycles. The van der Waals surface area contributed by atoms with E-state index in [-0.39, 0.29) is 5.75 Å². The number of nitrogens with one attached hydrogen (secondary N) is 1. The Labute approximate surface area is 114 Å². The summed E-state index contributed by atoms with van der Waals surface area (Å²) in [6.07, 6.45) is 0. The summed E-state index contributed by atoms with van der Waals surface area (Å²) in [6.45, 7) is 2.52. The Hall–Kier alpha value is -1.55. The Morgan fingerprint density at radius 2 is 2.00 bits per heavy atom. The summed E-state index contributed by atoms with van der Waals surface area (Å²) in [6, 6.07) is 10.4. The van der Waals surface area contributed by atoms with Gasteiger partial charge in [-0.3, -0.25) is 0 Å². The van der Waals surface area contributed by atoms with Gasteiger partial charge in [0.15, 0.2) is 11.6 Å². The van der Waals surface area contributed by atoms with Gasteiger partial charge in [0.25, 0.3) is 0 Å². The van der Waals surface area contributed by atoms with Gasteiger partial charge in [0.1, 0.15) is 0 Å². The maximum atomic E-state index is 13.2. The van der Waals surface area contributed by atoms with E-state index < -0.39 is 5.82 Å². The second-order valence-electron chi connectivity index (χ2n) is 4.12. The Kier molecular flexibility index (Phi) is 3.87. The molecule has 0 saturated carbocycles. The van der Waals surface area contributed by atoms with Crippen molar-refractivity contribution in [2.45, 2.75) is 13.5 Å². The van der Waals surface area contributed by atoms with Gasteiger partial charge in [-0.25, -0.2) is 4.39 Å². The highest BCUT2D eigenvalue weighted by Gasteiger charge is 2.03. The first-order chi connectivity index (χ1) is 8.56. The molecule has 0 fully saturated rings. The third kappa shape index (κ3) is 3.01. The van der Waals surface area contributed by atoms with Gasteiger partial charge in [-0.2, -0.15) is 0 Å². The molecule has 4 heteroatoms. The van der Waals surface area contributed by atoms with Gasteiger partial charge in [-0.1, -0.05) is 12.1 Å². The number of hydrogen-bond donors (Lipinski definition) is 2. The van der Waals surface area contributed by atoms with Gasteiger partial charge in [0.05, 0.1) is 0 Å². The Morgan fingerprint density at radius 3 is 2.67 bits per heavy atom. The second kappa shape index (κ2) is 5.40. The fraction of sp³-hybridized carbons (Fsp3) is 0.143. The number of rotatable bonds is 3. The highest BCUT2D eigenvalue weighted by Crippen LogP contribution is 2.24. The van der Waals surface area contributed by atoms with Crippen molar-refractivity contribution in [2.24, 2.45) is 0 Å². The topological polar surface area (TPSA) is 32.3 Å². The fourth-order valence-corrected chi connectivity index (χ4v) is 2.25. The zero-order chi connectivity index (χ0) is 13.1. The number of phenolic OH excluding ortho intramolecular Hbond substituents is 1. The van der Waals surface area contributed by atoms with Crippen LogP contribution in [0.2, 0.25) is 0 Å². The van der Waals surface area contributed by atoms with Crippen molar-refractivity contribution in [1.29, 1.82) is 0 Å². The number of hydrogen-bond acceptors (Lipinski definition) is 2. The minimum Gasteiger partial charge on any atom is -0.505 e. The zero-order valence-electron chi connectivity index (χ0n) is 9.87. The van der Waals surface area contributed by atoms with Crippen LogP contribution in [-0.2, 0) is 6.54 Å². The summed E-state index contributed by atoms with van der Waals surface area (Å²) in [4.78, 5) is 0. The molecule has 18 heavy (non-hydrogen) atoms. The predicted octanol–water partition coefficient (Wildman–Crippen LogP) is 4.21. The molecule has 0 aliphatic rings. The van der Waals surface area contributed by atoms with Crippen LogP contribution >= 0.6 is 15.9 Å². The Bertz CT molecular complexity index is 572. The molecule has 2 aromatic rings. The first-order valence-electron chi connectivity index (χ1n) is 5.53. The van der Waals surface area contributed by atoms with E-state index >= 15 is 0 Å². The van der Waals surface area contributed by atoms with Crippen molar-refractivity contribution in [3.63, 3.8) is 0 Å². The summed E-state index contributed by atoms with van der Waals surface area (Å²) >= 11 is 3.47. The van der Waals surface area contributed by atoms with Crippen LogP contribution in [-0.4, -0.2) is 5.11 Å². The summed E-state index contributed by atoms with van der Waals surface area (Å²) < 4.78 is 14.1. The second-order valence-corrected chi connectivity index (χ2v) is 4.98. The quantitative estimate of drug-likeness (QED) is 0.890. The van der Waals surface area contributed by atoms with Crippen LogP contribution < -0.4 is 5.32 Å². The molecule has 0 spiro atoms. The van der Waals surface area contributed by atoms with E-state index in [4.69, 9.17) is 5.11 Å². The summed E-state index contributed by atoms with van der Waals surface area (Å²) in [5.74, 6) is -0.924. The van der Waals surface area contributed by atoms with Crippen molar-refractivity contribution in [2.75, 3.05) is 5.32 Å². The molecule has 2 rings (SSSR count). The fourth-order valence-electron chi connectivity index (χ4n) is 1.62. The monoisotopic (exact) mass is 309 g/mol. The normalized spacial score (nSPS) is 10.4. The lowest BCUT2D eigenvalue weighted by atomic mass is 10.2. The molecule has 94 valence electrons. The first kappa shape index (κ1) is 12.9. The van der Waals surface area contributed by atoms with E-state index in [0.29, 0.717) is 6.54 Å². The standard InChI is InChI=1S/C14H13BrFNO/c1-9-2-4-13(11(15)6-9)17-8-10-3-5-14(18)12(16)7-10/h2-7,17-18H,8H2,1H3. The molecule has 2 aromatic carbocycles. The van der Waals surface area contributed by atoms with Crippen molar-refractivity contribution < 1.29 is 9.50 Å². The molecule has 0 aliphatic heterocycles. The molecule has 0 radical (unpaired) electrons. The number of aromatic hydroxyl groups is 1. The summed E-state index contributed by atoms with van der Waals surface area (Å²) in [7, 11) is 0. The molecule has 0 atom stereocenters. The average molecular weight is 310 g/mol. The lowest BCUT2D eigenvalue weighted by Crippen LogP contribution is -2.00. The van der Waals surface area contributed by atoms with Gasteiger partial charge in [-0.05, 0) is 58.2 Å². The van der Waals surface area contributed by atoms with Crippen molar-refractivity contribution in [3.05, 3.63) is 57.8 Å². The molecule has 0 unspecified atom stereocenters. The first-order valence-corrected chi connectivity index (χ1v) is 6.33. The van der Waals surface area contributed by atoms with Crippen LogP contribution in [0.4, 0.5) is 10.1 Å². The highest BCUT2D eigenvalue weighted by molar-refractivity contribution is 9.10. The van der Waals surface area contributed by atoms with Crippen LogP contribution in [0, 0.1) is 12.7 Å². The van der Waals surface area contributed by atoms with Gasteiger partial charge >= 0.3 is 0 Å². The van der Waals surface area contributed by atoms with Gasteiger partial charge in [0.2, 0.25) is 0 Å². The molecule has 2 N–H and O–H groups in total. The van der Waals surface area contributed by atoms with Crippen LogP contribution in [0.15, 0.2) is 40.9 Å². The van der Waals surface area contributed by atoms with Crippen LogP contribution in [0.1, 0.15) is 11.1 Å². The van der Waals surface area contributed by atoms with Crippen LogP contribution in [0.3, 0.4) is 0 Å². The third-order valence-corrected chi connectivity index (χ3v) is 3.28. The lowest BCUT2D eigenvalue weighted by molar-refractivity contribution is 0.432. The minimum atomic E-state index is -0.600. The van der Waals surface area contributed by atoms with Gasteiger partial charge in [0, 0.05) is 16.7 Å². The van der Waals surface area contributed by atoms with E-state index in [9.17, 15) is 4.39 Å². The van der Waals surface area contributed by atoms with Crippen molar-refractivity contribution >= 4 is 21.6 Å². The number of aryl methyl sites for hydroxylation is 1. The SMILES string of the molecule is Cc1ccc(NCc2ccc(O)c(F)c2)c(Br)c1. The predicted molar refractivity (Wildman–Crippen MR) is 74.3 cm³/mol. The van der Waals surface area contributed by atoms with E-state index in [1.54, 1.807) is 6.07 Å². The largest absolute Gasteiger partial charge is 0.505 e. The van der Waals surface area contributed by atoms with E-state index in [1.165, 1.54) is 17.7 Å². The van der Waals surface area contributed by atoms with Crippen LogP contribution in [0.25, 0.3) is 0 Å². The van der Waals surface area contributed by atoms with E-state index in [1.807, 2.05) is 25.1 Å². The average Bonchev–Trinajstić information content (AvgIpc) is 2.32. The number of benzene rings is 2. The maximum absolute atomic E-state index is 13.2. The Balaban J connectivity index is 2.09. The minimum absolute atomic E-state index is 0.324. The smallest absolute Gasteiger partial charge is 0.165 e. The van der Waals surface area contributed by atoms with Gasteiger partial charge in [-0.15, -0.1) is 0 Å². The van der Waals surface area contributed by atoms with E-state index in [0.717, 1.165) is 15.7 Å². The highest BCUT2D eigenvalue weighted by atomic mass is 79.9. The third-order valence-electron chi connectivity index (χ3n) is 2.62. The number of phenols is 1. The molecule has 0 amide bonds. The zero-order valence-corrected chi connectivity index (χ0v) is 11.5. The molecular weight excluding hydrogens is 297 g/mol. The molecule has 2 nitrogen and oxygen atoms in total. The van der Waals surface area contributed by atoms with Crippen molar-refractivity contribution in [1.82, 2.24) is 0 Å². The van der Waals surface area contributed by atoms with Crippen molar-refractivity contribution in [3.8, 4) is 5.75 Å². The van der Waals surface area contributed by atoms with Crippen LogP contribution in [0.5, 0.6) is 5.75 Å². The van der Waals surface area contributed by atoms with Gasteiger partial charge < -0.3 is 10.4 Å². The van der Waals surface area contributed by atoms with E-state index in [2.05, 4.69) is 21.2 Å². The number of halogens is 2. The molecular formula is C14H13BrFNO. The molecule has 0 bridgehead atoms. The molecule has 0 aromatic heterocycles. The molecule has 0 saturated heterocycles. The molecule has 0 heterocycles. The Morgan fingerprint density at radius 1 is 1.22 bits per heavy atom. The lowest BCUT2D eigenvalue weighted by Gasteiger charge is -2.09. The summed E-state index contributed by atoms with van der Waals surface area (Å²) in [5.41, 5.74) is 2.90. The maximum Gasteiger partial charge on any atom is 0.165 e. The summed E-state index contributed by atoms with van der Waals surface area (Å²) in [5, 5.41) is 12.3. The number of anilines is 1.